The Kier molecular flexibility index (Phi) is 2.36. The molecule has 1 aromatic heterocycles. The quantitative estimate of drug-likeness (QED) is 0.750. The van der Waals surface area contributed by atoms with E-state index in [1.165, 1.54) is 12.1 Å². The Balaban J connectivity index is 2.93. The molecule has 1 aromatic carbocycles. The number of benzene rings is 1. The van der Waals surface area contributed by atoms with Crippen molar-refractivity contribution >= 4 is 30.6 Å². The third-order valence-corrected chi connectivity index (χ3v) is 3.27. The van der Waals surface area contributed by atoms with Crippen molar-refractivity contribution in [2.24, 2.45) is 0 Å². The van der Waals surface area contributed by atoms with E-state index in [1.807, 2.05) is 0 Å². The first-order valence-electron chi connectivity index (χ1n) is 4.00. The fraction of sp³-hybridized carbons (Fsp3) is 0. The van der Waals surface area contributed by atoms with Crippen LogP contribution in [-0.4, -0.2) is 13.4 Å². The number of aromatic amines is 1. The molecule has 6 nitrogen and oxygen atoms in total. The Hall–Kier alpha value is -1.60. The van der Waals surface area contributed by atoms with Crippen LogP contribution in [0.2, 0.25) is 0 Å². The van der Waals surface area contributed by atoms with Crippen LogP contribution in [0.1, 0.15) is 0 Å². The third kappa shape index (κ3) is 1.86. The number of hydrogen-bond acceptors (Lipinski definition) is 5. The van der Waals surface area contributed by atoms with E-state index in [2.05, 4.69) is 9.40 Å². The zero-order valence-electron chi connectivity index (χ0n) is 7.56. The lowest BCUT2D eigenvalue weighted by Crippen LogP contribution is -2.14. The van der Waals surface area contributed by atoms with Gasteiger partial charge in [0.15, 0.2) is 0 Å². The molecule has 2 rings (SSSR count). The monoisotopic (exact) mass is 261 g/mol. The topological polar surface area (TPSA) is 97.2 Å². The van der Waals surface area contributed by atoms with E-state index in [0.29, 0.717) is 0 Å². The highest BCUT2D eigenvalue weighted by Crippen LogP contribution is 2.17. The first-order valence-corrected chi connectivity index (χ1v) is 6.31. The molecular formula is C8H4ClNO5S. The van der Waals surface area contributed by atoms with Gasteiger partial charge in [0.1, 0.15) is 0 Å². The summed E-state index contributed by atoms with van der Waals surface area (Å²) < 4.78 is 26.3. The zero-order chi connectivity index (χ0) is 11.9. The van der Waals surface area contributed by atoms with Crippen LogP contribution in [0.25, 0.3) is 10.9 Å². The molecular weight excluding hydrogens is 258 g/mol. The van der Waals surface area contributed by atoms with E-state index in [4.69, 9.17) is 10.7 Å². The van der Waals surface area contributed by atoms with Gasteiger partial charge in [-0.1, -0.05) is 0 Å². The van der Waals surface area contributed by atoms with Crippen LogP contribution >= 0.6 is 10.7 Å². The van der Waals surface area contributed by atoms with Gasteiger partial charge in [-0.3, -0.25) is 4.98 Å². The van der Waals surface area contributed by atoms with Gasteiger partial charge in [0.05, 0.1) is 15.8 Å². The predicted octanol–water partition coefficient (Wildman–Crippen LogP) is 0.409. The average molecular weight is 262 g/mol. The largest absolute Gasteiger partial charge is 0.419 e. The minimum Gasteiger partial charge on any atom is -0.372 e. The van der Waals surface area contributed by atoms with E-state index in [9.17, 15) is 18.0 Å². The summed E-state index contributed by atoms with van der Waals surface area (Å²) in [5.41, 5.74) is -0.730. The Morgan fingerprint density at radius 1 is 1.25 bits per heavy atom. The highest BCUT2D eigenvalue weighted by molar-refractivity contribution is 8.13. The van der Waals surface area contributed by atoms with Crippen LogP contribution in [0.4, 0.5) is 0 Å². The minimum atomic E-state index is -3.92. The number of H-pyrrole nitrogens is 1. The molecule has 0 spiro atoms. The number of nitrogens with one attached hydrogen (secondary N) is 1. The summed E-state index contributed by atoms with van der Waals surface area (Å²) in [6, 6.07) is 3.49. The van der Waals surface area contributed by atoms with Gasteiger partial charge < -0.3 is 4.42 Å². The molecule has 1 N–H and O–H groups in total. The highest BCUT2D eigenvalue weighted by Gasteiger charge is 2.12. The summed E-state index contributed by atoms with van der Waals surface area (Å²) in [4.78, 5) is 24.1. The Morgan fingerprint density at radius 3 is 2.56 bits per heavy atom. The fourth-order valence-electron chi connectivity index (χ4n) is 1.23. The second-order valence-corrected chi connectivity index (χ2v) is 5.51. The molecule has 0 aliphatic heterocycles. The fourth-order valence-corrected chi connectivity index (χ4v) is 2.00. The number of aromatic nitrogens is 1. The summed E-state index contributed by atoms with van der Waals surface area (Å²) in [5.74, 6) is -0.904. The van der Waals surface area contributed by atoms with E-state index < -0.39 is 20.4 Å². The molecule has 2 aromatic rings. The van der Waals surface area contributed by atoms with Crippen LogP contribution in [0, 0.1) is 0 Å². The number of halogens is 1. The van der Waals surface area contributed by atoms with Crippen LogP contribution in [0.5, 0.6) is 0 Å². The van der Waals surface area contributed by atoms with E-state index in [1.54, 1.807) is 0 Å². The standard InChI is InChI=1S/C8H4ClNO5S/c9-16(13,14)4-1-2-6-5(3-4)7(11)15-8(12)10-6/h1-3H,(H,10,12). The van der Waals surface area contributed by atoms with Crippen molar-refractivity contribution in [1.82, 2.24) is 4.98 Å². The van der Waals surface area contributed by atoms with Crippen LogP contribution in [0.15, 0.2) is 37.1 Å². The van der Waals surface area contributed by atoms with Crippen LogP contribution < -0.4 is 11.4 Å². The van der Waals surface area contributed by atoms with Crippen LogP contribution in [0.3, 0.4) is 0 Å². The van der Waals surface area contributed by atoms with Crippen molar-refractivity contribution in [3.05, 3.63) is 39.2 Å². The normalized spacial score (nSPS) is 11.8. The molecule has 0 fully saturated rings. The van der Waals surface area contributed by atoms with E-state index >= 15 is 0 Å². The van der Waals surface area contributed by atoms with Gasteiger partial charge in [0.2, 0.25) is 0 Å². The van der Waals surface area contributed by atoms with Gasteiger partial charge in [0.25, 0.3) is 9.05 Å². The smallest absolute Gasteiger partial charge is 0.372 e. The molecule has 0 aliphatic rings. The van der Waals surface area contributed by atoms with Gasteiger partial charge in [-0.25, -0.2) is 18.0 Å². The highest BCUT2D eigenvalue weighted by atomic mass is 35.7. The third-order valence-electron chi connectivity index (χ3n) is 1.91. The van der Waals surface area contributed by atoms with Gasteiger partial charge in [-0.2, -0.15) is 0 Å². The summed E-state index contributed by atoms with van der Waals surface area (Å²) in [6.07, 6.45) is 0. The molecule has 8 heteroatoms. The van der Waals surface area contributed by atoms with E-state index in [-0.39, 0.29) is 15.8 Å². The molecule has 0 aliphatic carbocycles. The van der Waals surface area contributed by atoms with Gasteiger partial charge in [-0.15, -0.1) is 0 Å². The Morgan fingerprint density at radius 2 is 1.94 bits per heavy atom. The molecule has 0 unspecified atom stereocenters. The van der Waals surface area contributed by atoms with Crippen molar-refractivity contribution in [2.75, 3.05) is 0 Å². The first-order chi connectivity index (χ1) is 7.38. The maximum absolute atomic E-state index is 11.3. The van der Waals surface area contributed by atoms with Crippen molar-refractivity contribution in [3.63, 3.8) is 0 Å². The van der Waals surface area contributed by atoms with Gasteiger partial charge >= 0.3 is 11.4 Å². The first kappa shape index (κ1) is 10.9. The minimum absolute atomic E-state index is 0.0543. The Labute approximate surface area is 92.9 Å². The predicted molar refractivity (Wildman–Crippen MR) is 56.1 cm³/mol. The van der Waals surface area contributed by atoms with Crippen molar-refractivity contribution in [1.29, 1.82) is 0 Å². The summed E-state index contributed by atoms with van der Waals surface area (Å²) >= 11 is 0. The van der Waals surface area contributed by atoms with Crippen molar-refractivity contribution in [2.45, 2.75) is 4.90 Å². The summed E-state index contributed by atoms with van der Waals surface area (Å²) in [6.45, 7) is 0. The lowest BCUT2D eigenvalue weighted by atomic mass is 10.2. The average Bonchev–Trinajstić information content (AvgIpc) is 2.15. The molecule has 0 atom stereocenters. The van der Waals surface area contributed by atoms with Crippen molar-refractivity contribution in [3.8, 4) is 0 Å². The lowest BCUT2D eigenvalue weighted by molar-refractivity contribution is 0.460. The maximum Gasteiger partial charge on any atom is 0.419 e. The molecule has 0 amide bonds. The molecule has 0 saturated carbocycles. The number of rotatable bonds is 1. The summed E-state index contributed by atoms with van der Waals surface area (Å²) in [7, 11) is 1.19. The molecule has 84 valence electrons. The van der Waals surface area contributed by atoms with Gasteiger partial charge in [0, 0.05) is 10.7 Å². The maximum atomic E-state index is 11.3. The Bertz CT molecular complexity index is 773. The van der Waals surface area contributed by atoms with Gasteiger partial charge in [-0.05, 0) is 18.2 Å². The molecule has 0 bridgehead atoms. The van der Waals surface area contributed by atoms with E-state index in [0.717, 1.165) is 6.07 Å². The van der Waals surface area contributed by atoms with Crippen molar-refractivity contribution < 1.29 is 12.8 Å². The zero-order valence-corrected chi connectivity index (χ0v) is 9.13. The number of hydrogen-bond donors (Lipinski definition) is 1. The molecule has 16 heavy (non-hydrogen) atoms. The second kappa shape index (κ2) is 3.46. The molecule has 0 radical (unpaired) electrons. The summed E-state index contributed by atoms with van der Waals surface area (Å²) in [5, 5.41) is -0.0543. The molecule has 1 heterocycles. The number of fused-ring (bicyclic) bond motifs is 1. The second-order valence-electron chi connectivity index (χ2n) is 2.95. The van der Waals surface area contributed by atoms with Crippen LogP contribution in [-0.2, 0) is 9.05 Å². The SMILES string of the molecule is O=c1[nH]c2ccc(S(=O)(=O)Cl)cc2c(=O)o1. The molecule has 0 saturated heterocycles. The lowest BCUT2D eigenvalue weighted by Gasteiger charge is -1.98.